The van der Waals surface area contributed by atoms with E-state index >= 15 is 0 Å². The van der Waals surface area contributed by atoms with Crippen molar-refractivity contribution in [2.24, 2.45) is 13.0 Å². The van der Waals surface area contributed by atoms with E-state index in [4.69, 9.17) is 4.74 Å². The van der Waals surface area contributed by atoms with Crippen LogP contribution in [-0.4, -0.2) is 28.4 Å². The first-order valence-corrected chi connectivity index (χ1v) is 12.2. The van der Waals surface area contributed by atoms with E-state index < -0.39 is 6.09 Å². The fourth-order valence-electron chi connectivity index (χ4n) is 3.68. The Hall–Kier alpha value is -3.42. The number of rotatable bonds is 7. The number of fused-ring (bicyclic) bond motifs is 1. The number of hydrogen-bond donors (Lipinski definition) is 2. The molecular weight excluding hydrogens is 458 g/mol. The van der Waals surface area contributed by atoms with Gasteiger partial charge in [0, 0.05) is 29.1 Å². The molecule has 8 nitrogen and oxygen atoms in total. The normalized spacial score (nSPS) is 15.1. The molecule has 1 aliphatic carbocycles. The summed E-state index contributed by atoms with van der Waals surface area (Å²) >= 11 is 2.98. The third kappa shape index (κ3) is 5.69. The molecule has 10 heteroatoms. The number of amides is 2. The van der Waals surface area contributed by atoms with Crippen LogP contribution in [-0.2, 0) is 36.0 Å². The third-order valence-electron chi connectivity index (χ3n) is 5.44. The molecule has 0 aromatic carbocycles. The molecule has 0 bridgehead atoms. The van der Waals surface area contributed by atoms with Crippen molar-refractivity contribution in [1.82, 2.24) is 15.1 Å². The van der Waals surface area contributed by atoms with E-state index in [1.54, 1.807) is 28.3 Å². The summed E-state index contributed by atoms with van der Waals surface area (Å²) < 4.78 is 7.11. The highest BCUT2D eigenvalue weighted by Gasteiger charge is 2.27. The molecule has 2 N–H and O–H groups in total. The lowest BCUT2D eigenvalue weighted by atomic mass is 9.88. The van der Waals surface area contributed by atoms with Gasteiger partial charge in [0.15, 0.2) is 0 Å². The van der Waals surface area contributed by atoms with Crippen LogP contribution in [0.15, 0.2) is 35.9 Å². The van der Waals surface area contributed by atoms with Crippen LogP contribution in [0.2, 0.25) is 0 Å². The number of nitrogens with zero attached hydrogens (tertiary/aromatic N) is 3. The van der Waals surface area contributed by atoms with Gasteiger partial charge in [0.2, 0.25) is 5.91 Å². The van der Waals surface area contributed by atoms with Crippen molar-refractivity contribution in [2.45, 2.75) is 25.8 Å². The molecule has 33 heavy (non-hydrogen) atoms. The van der Waals surface area contributed by atoms with Crippen LogP contribution in [0, 0.1) is 17.2 Å². The highest BCUT2D eigenvalue weighted by molar-refractivity contribution is 7.16. The summed E-state index contributed by atoms with van der Waals surface area (Å²) in [6, 6.07) is 7.94. The maximum atomic E-state index is 12.3. The first-order valence-electron chi connectivity index (χ1n) is 10.5. The summed E-state index contributed by atoms with van der Waals surface area (Å²) in [4.78, 5) is 26.4. The molecule has 0 saturated carbocycles. The Morgan fingerprint density at radius 1 is 1.42 bits per heavy atom. The topological polar surface area (TPSA) is 109 Å². The summed E-state index contributed by atoms with van der Waals surface area (Å²) in [5.41, 5.74) is 2.43. The van der Waals surface area contributed by atoms with Gasteiger partial charge in [0.25, 0.3) is 0 Å². The molecule has 0 saturated heterocycles. The van der Waals surface area contributed by atoms with E-state index in [9.17, 15) is 14.9 Å². The molecule has 1 unspecified atom stereocenters. The quantitative estimate of drug-likeness (QED) is 0.494. The van der Waals surface area contributed by atoms with E-state index in [1.165, 1.54) is 17.4 Å². The van der Waals surface area contributed by atoms with Crippen molar-refractivity contribution < 1.29 is 14.3 Å². The Bertz CT molecular complexity index is 1200. The number of nitrogens with one attached hydrogen (secondary N) is 2. The number of anilines is 1. The Labute approximate surface area is 199 Å². The number of ether oxygens (including phenoxy) is 1. The highest BCUT2D eigenvalue weighted by atomic mass is 32.1. The van der Waals surface area contributed by atoms with Gasteiger partial charge in [-0.1, -0.05) is 6.07 Å². The van der Waals surface area contributed by atoms with Crippen LogP contribution in [0.1, 0.15) is 33.0 Å². The minimum Gasteiger partial charge on any atom is -0.449 e. The lowest BCUT2D eigenvalue weighted by Gasteiger charge is -2.21. The monoisotopic (exact) mass is 481 g/mol. The fourth-order valence-corrected chi connectivity index (χ4v) is 5.62. The van der Waals surface area contributed by atoms with Crippen LogP contribution in [0.4, 0.5) is 9.80 Å². The predicted octanol–water partition coefficient (Wildman–Crippen LogP) is 4.10. The van der Waals surface area contributed by atoms with E-state index in [-0.39, 0.29) is 11.8 Å². The number of hydrogen-bond acceptors (Lipinski definition) is 7. The van der Waals surface area contributed by atoms with E-state index in [1.807, 2.05) is 30.6 Å². The SMILES string of the molecule is Cn1nccc1CNC(=O)OCC1CCc2c(sc(NC(=O)/C=C/c3cccs3)c2C#N)C1. The molecular formula is C23H23N5O3S2. The van der Waals surface area contributed by atoms with Gasteiger partial charge in [-0.15, -0.1) is 22.7 Å². The molecule has 170 valence electrons. The maximum absolute atomic E-state index is 12.3. The lowest BCUT2D eigenvalue weighted by Crippen LogP contribution is -2.28. The van der Waals surface area contributed by atoms with Gasteiger partial charge >= 0.3 is 6.09 Å². The van der Waals surface area contributed by atoms with Crippen molar-refractivity contribution >= 4 is 45.8 Å². The molecule has 4 rings (SSSR count). The molecule has 3 aromatic rings. The highest BCUT2D eigenvalue weighted by Crippen LogP contribution is 2.39. The number of aromatic nitrogens is 2. The van der Waals surface area contributed by atoms with Crippen LogP contribution in [0.25, 0.3) is 6.08 Å². The van der Waals surface area contributed by atoms with Crippen molar-refractivity contribution in [3.63, 3.8) is 0 Å². The number of aryl methyl sites for hydroxylation is 1. The van der Waals surface area contributed by atoms with Crippen molar-refractivity contribution in [2.75, 3.05) is 11.9 Å². The molecule has 0 aliphatic heterocycles. The second-order valence-corrected chi connectivity index (χ2v) is 9.75. The summed E-state index contributed by atoms with van der Waals surface area (Å²) in [7, 11) is 1.81. The zero-order chi connectivity index (χ0) is 23.2. The van der Waals surface area contributed by atoms with Crippen molar-refractivity contribution in [3.05, 3.63) is 62.4 Å². The van der Waals surface area contributed by atoms with Crippen molar-refractivity contribution in [1.29, 1.82) is 5.26 Å². The zero-order valence-electron chi connectivity index (χ0n) is 18.0. The number of nitriles is 1. The fraction of sp³-hybridized carbons (Fsp3) is 0.304. The third-order valence-corrected chi connectivity index (χ3v) is 7.45. The van der Waals surface area contributed by atoms with Crippen LogP contribution in [0.3, 0.4) is 0 Å². The first-order chi connectivity index (χ1) is 16.0. The van der Waals surface area contributed by atoms with Gasteiger partial charge < -0.3 is 15.4 Å². The number of carbonyl (C=O) groups excluding carboxylic acids is 2. The van der Waals surface area contributed by atoms with Crippen molar-refractivity contribution in [3.8, 4) is 6.07 Å². The minimum atomic E-state index is -0.462. The van der Waals surface area contributed by atoms with Gasteiger partial charge in [0.1, 0.15) is 11.1 Å². The smallest absolute Gasteiger partial charge is 0.407 e. The van der Waals surface area contributed by atoms with Gasteiger partial charge in [0.05, 0.1) is 24.4 Å². The molecule has 3 heterocycles. The molecule has 0 fully saturated rings. The predicted molar refractivity (Wildman–Crippen MR) is 128 cm³/mol. The summed E-state index contributed by atoms with van der Waals surface area (Å²) in [5.74, 6) is -0.0871. The van der Waals surface area contributed by atoms with Crippen LogP contribution >= 0.6 is 22.7 Å². The largest absolute Gasteiger partial charge is 0.449 e. The van der Waals surface area contributed by atoms with Gasteiger partial charge in [-0.2, -0.15) is 10.4 Å². The van der Waals surface area contributed by atoms with Crippen LogP contribution < -0.4 is 10.6 Å². The Kier molecular flexibility index (Phi) is 7.22. The minimum absolute atomic E-state index is 0.174. The average Bonchev–Trinajstić information content (AvgIpc) is 3.54. The van der Waals surface area contributed by atoms with Gasteiger partial charge in [-0.05, 0) is 54.3 Å². The Morgan fingerprint density at radius 2 is 2.30 bits per heavy atom. The second-order valence-electron chi connectivity index (χ2n) is 7.66. The average molecular weight is 482 g/mol. The Balaban J connectivity index is 1.31. The molecule has 2 amide bonds. The molecule has 3 aromatic heterocycles. The molecule has 0 radical (unpaired) electrons. The van der Waals surface area contributed by atoms with E-state index in [2.05, 4.69) is 21.8 Å². The molecule has 1 aliphatic rings. The second kappa shape index (κ2) is 10.5. The Morgan fingerprint density at radius 3 is 3.03 bits per heavy atom. The standard InChI is InChI=1S/C23H23N5O3S2/c1-28-16(8-9-26-28)13-25-23(30)31-14-15-4-6-18-19(12-24)22(33-20(18)11-15)27-21(29)7-5-17-3-2-10-32-17/h2-3,5,7-10,15H,4,6,11,13-14H2,1H3,(H,25,30)(H,27,29)/b7-5+. The van der Waals surface area contributed by atoms with Gasteiger partial charge in [-0.25, -0.2) is 4.79 Å². The number of alkyl carbamates (subject to hydrolysis) is 1. The van der Waals surface area contributed by atoms with E-state index in [0.29, 0.717) is 30.1 Å². The van der Waals surface area contributed by atoms with Gasteiger partial charge in [-0.3, -0.25) is 9.48 Å². The summed E-state index contributed by atoms with van der Waals surface area (Å²) in [6.45, 7) is 0.659. The van der Waals surface area contributed by atoms with E-state index in [0.717, 1.165) is 33.9 Å². The maximum Gasteiger partial charge on any atom is 0.407 e. The summed E-state index contributed by atoms with van der Waals surface area (Å²) in [6.07, 6.45) is 6.70. The molecule has 1 atom stereocenters. The molecule has 0 spiro atoms. The number of carbonyl (C=O) groups is 2. The van der Waals surface area contributed by atoms with Crippen LogP contribution in [0.5, 0.6) is 0 Å². The lowest BCUT2D eigenvalue weighted by molar-refractivity contribution is -0.111. The first kappa shape index (κ1) is 22.8. The zero-order valence-corrected chi connectivity index (χ0v) is 19.7. The number of thiophene rings is 2. The summed E-state index contributed by atoms with van der Waals surface area (Å²) in [5, 5.41) is 21.8.